The number of anilines is 1. The number of nitrogens with one attached hydrogen (secondary N) is 2. The number of amides is 1. The van der Waals surface area contributed by atoms with Crippen molar-refractivity contribution in [3.05, 3.63) is 53.0 Å². The third-order valence-electron chi connectivity index (χ3n) is 4.42. The number of halogens is 1. The molecule has 136 valence electrons. The molecule has 0 aliphatic rings. The number of aromatic nitrogens is 1. The summed E-state index contributed by atoms with van der Waals surface area (Å²) in [6.07, 6.45) is 0.142. The van der Waals surface area contributed by atoms with Crippen molar-refractivity contribution in [2.75, 3.05) is 19.5 Å². The van der Waals surface area contributed by atoms with Crippen LogP contribution in [-0.2, 0) is 11.2 Å². The summed E-state index contributed by atoms with van der Waals surface area (Å²) in [6.45, 7) is 3.76. The van der Waals surface area contributed by atoms with Crippen LogP contribution in [0, 0.1) is 19.7 Å². The number of hydrogen-bond donors (Lipinski definition) is 2. The molecule has 0 saturated carbocycles. The number of carbonyl (C=O) groups is 1. The highest BCUT2D eigenvalue weighted by atomic mass is 19.1. The minimum absolute atomic E-state index is 0.142. The lowest BCUT2D eigenvalue weighted by Gasteiger charge is -2.13. The second-order valence-electron chi connectivity index (χ2n) is 6.17. The van der Waals surface area contributed by atoms with E-state index in [1.54, 1.807) is 32.4 Å². The van der Waals surface area contributed by atoms with E-state index >= 15 is 0 Å². The number of hydrogen-bond acceptors (Lipinski definition) is 3. The van der Waals surface area contributed by atoms with E-state index in [1.165, 1.54) is 12.1 Å². The highest BCUT2D eigenvalue weighted by Crippen LogP contribution is 2.33. The van der Waals surface area contributed by atoms with Crippen LogP contribution in [0.3, 0.4) is 0 Å². The van der Waals surface area contributed by atoms with E-state index in [9.17, 15) is 9.18 Å². The van der Waals surface area contributed by atoms with Gasteiger partial charge in [-0.3, -0.25) is 4.79 Å². The minimum atomic E-state index is -0.325. The van der Waals surface area contributed by atoms with Gasteiger partial charge in [-0.2, -0.15) is 0 Å². The maximum absolute atomic E-state index is 13.6. The topological polar surface area (TPSA) is 63.3 Å². The Morgan fingerprint density at radius 3 is 2.50 bits per heavy atom. The molecule has 3 aromatic rings. The van der Waals surface area contributed by atoms with E-state index < -0.39 is 0 Å². The van der Waals surface area contributed by atoms with Gasteiger partial charge in [0.15, 0.2) is 11.5 Å². The van der Waals surface area contributed by atoms with Crippen molar-refractivity contribution in [2.24, 2.45) is 0 Å². The normalized spacial score (nSPS) is 10.8. The monoisotopic (exact) mass is 356 g/mol. The quantitative estimate of drug-likeness (QED) is 0.723. The lowest BCUT2D eigenvalue weighted by atomic mass is 10.1. The summed E-state index contributed by atoms with van der Waals surface area (Å²) < 4.78 is 24.1. The second kappa shape index (κ2) is 7.07. The third-order valence-corrected chi connectivity index (χ3v) is 4.42. The molecule has 0 saturated heterocycles. The number of ether oxygens (including phenoxy) is 2. The summed E-state index contributed by atoms with van der Waals surface area (Å²) >= 11 is 0. The summed E-state index contributed by atoms with van der Waals surface area (Å²) in [6, 6.07) is 8.06. The number of H-pyrrole nitrogens is 1. The minimum Gasteiger partial charge on any atom is -0.493 e. The summed E-state index contributed by atoms with van der Waals surface area (Å²) in [5.41, 5.74) is 3.96. The first-order valence-electron chi connectivity index (χ1n) is 8.22. The Morgan fingerprint density at radius 2 is 1.81 bits per heavy atom. The van der Waals surface area contributed by atoms with E-state index in [-0.39, 0.29) is 18.1 Å². The standard InChI is InChI=1S/C20H21FN2O3/c1-11-7-18(25-3)19(26-4)10-17(11)23-20(24)9-14-12(2)22-16-6-5-13(21)8-15(14)16/h5-8,10,22H,9H2,1-4H3,(H,23,24). The van der Waals surface area contributed by atoms with Gasteiger partial charge in [0.25, 0.3) is 0 Å². The first-order chi connectivity index (χ1) is 12.4. The number of carbonyl (C=O) groups excluding carboxylic acids is 1. The van der Waals surface area contributed by atoms with Crippen LogP contribution in [0.5, 0.6) is 11.5 Å². The molecule has 3 rings (SSSR count). The van der Waals surface area contributed by atoms with E-state index in [4.69, 9.17) is 9.47 Å². The molecule has 0 aliphatic heterocycles. The maximum atomic E-state index is 13.6. The van der Waals surface area contributed by atoms with Crippen molar-refractivity contribution in [1.29, 1.82) is 0 Å². The van der Waals surface area contributed by atoms with Crippen molar-refractivity contribution in [3.8, 4) is 11.5 Å². The van der Waals surface area contributed by atoms with Crippen LogP contribution in [-0.4, -0.2) is 25.1 Å². The van der Waals surface area contributed by atoms with E-state index in [0.29, 0.717) is 17.2 Å². The number of methoxy groups -OCH3 is 2. The number of aryl methyl sites for hydroxylation is 2. The lowest BCUT2D eigenvalue weighted by Crippen LogP contribution is -2.15. The zero-order valence-corrected chi connectivity index (χ0v) is 15.2. The number of aromatic amines is 1. The summed E-state index contributed by atoms with van der Waals surface area (Å²) in [5.74, 6) is 0.632. The zero-order valence-electron chi connectivity index (χ0n) is 15.2. The molecule has 26 heavy (non-hydrogen) atoms. The average Bonchev–Trinajstić information content (AvgIpc) is 2.91. The highest BCUT2D eigenvalue weighted by molar-refractivity contribution is 5.97. The van der Waals surface area contributed by atoms with Crippen LogP contribution in [0.4, 0.5) is 10.1 Å². The van der Waals surface area contributed by atoms with Crippen molar-refractivity contribution in [1.82, 2.24) is 4.98 Å². The molecule has 0 fully saturated rings. The molecule has 1 amide bonds. The van der Waals surface area contributed by atoms with Crippen molar-refractivity contribution < 1.29 is 18.7 Å². The molecule has 0 atom stereocenters. The number of rotatable bonds is 5. The van der Waals surface area contributed by atoms with Gasteiger partial charge in [-0.15, -0.1) is 0 Å². The molecule has 1 aromatic heterocycles. The van der Waals surface area contributed by atoms with E-state index in [2.05, 4.69) is 10.3 Å². The van der Waals surface area contributed by atoms with Crippen LogP contribution in [0.1, 0.15) is 16.8 Å². The van der Waals surface area contributed by atoms with Gasteiger partial charge >= 0.3 is 0 Å². The Morgan fingerprint density at radius 1 is 1.12 bits per heavy atom. The summed E-state index contributed by atoms with van der Waals surface area (Å²) in [5, 5.41) is 3.62. The summed E-state index contributed by atoms with van der Waals surface area (Å²) in [7, 11) is 3.11. The van der Waals surface area contributed by atoms with Crippen LogP contribution in [0.15, 0.2) is 30.3 Å². The van der Waals surface area contributed by atoms with Crippen molar-refractivity contribution in [2.45, 2.75) is 20.3 Å². The maximum Gasteiger partial charge on any atom is 0.228 e. The Kier molecular flexibility index (Phi) is 4.84. The fraction of sp³-hybridized carbons (Fsp3) is 0.250. The molecular formula is C20H21FN2O3. The molecule has 6 heteroatoms. The summed E-state index contributed by atoms with van der Waals surface area (Å²) in [4.78, 5) is 15.8. The Balaban J connectivity index is 1.86. The zero-order chi connectivity index (χ0) is 18.8. The first kappa shape index (κ1) is 17.8. The Bertz CT molecular complexity index is 979. The molecule has 0 radical (unpaired) electrons. The van der Waals surface area contributed by atoms with Gasteiger partial charge in [0, 0.05) is 28.4 Å². The predicted octanol–water partition coefficient (Wildman–Crippen LogP) is 4.12. The Hall–Kier alpha value is -3.02. The highest BCUT2D eigenvalue weighted by Gasteiger charge is 2.15. The van der Waals surface area contributed by atoms with E-state index in [0.717, 1.165) is 27.7 Å². The van der Waals surface area contributed by atoms with Gasteiger partial charge in [0.2, 0.25) is 5.91 Å². The first-order valence-corrected chi connectivity index (χ1v) is 8.22. The molecule has 2 aromatic carbocycles. The molecule has 0 unspecified atom stereocenters. The van der Waals surface area contributed by atoms with Crippen molar-refractivity contribution >= 4 is 22.5 Å². The van der Waals surface area contributed by atoms with Gasteiger partial charge in [-0.1, -0.05) is 0 Å². The van der Waals surface area contributed by atoms with Gasteiger partial charge < -0.3 is 19.8 Å². The molecule has 0 bridgehead atoms. The molecule has 0 aliphatic carbocycles. The number of fused-ring (bicyclic) bond motifs is 1. The second-order valence-corrected chi connectivity index (χ2v) is 6.17. The van der Waals surface area contributed by atoms with Gasteiger partial charge in [-0.25, -0.2) is 4.39 Å². The van der Waals surface area contributed by atoms with Gasteiger partial charge in [0.1, 0.15) is 5.82 Å². The van der Waals surface area contributed by atoms with Gasteiger partial charge in [-0.05, 0) is 49.2 Å². The fourth-order valence-corrected chi connectivity index (χ4v) is 3.05. The third kappa shape index (κ3) is 3.35. The van der Waals surface area contributed by atoms with Crippen LogP contribution < -0.4 is 14.8 Å². The van der Waals surface area contributed by atoms with E-state index in [1.807, 2.05) is 13.8 Å². The lowest BCUT2D eigenvalue weighted by molar-refractivity contribution is -0.115. The molecule has 2 N–H and O–H groups in total. The van der Waals surface area contributed by atoms with Gasteiger partial charge in [0.05, 0.1) is 20.6 Å². The SMILES string of the molecule is COc1cc(C)c(NC(=O)Cc2c(C)[nH]c3ccc(F)cc23)cc1OC. The van der Waals surface area contributed by atoms with Crippen LogP contribution in [0.25, 0.3) is 10.9 Å². The molecule has 0 spiro atoms. The predicted molar refractivity (Wildman–Crippen MR) is 99.6 cm³/mol. The molecular weight excluding hydrogens is 335 g/mol. The molecule has 5 nitrogen and oxygen atoms in total. The largest absolute Gasteiger partial charge is 0.493 e. The smallest absolute Gasteiger partial charge is 0.228 e. The number of benzene rings is 2. The molecule has 1 heterocycles. The average molecular weight is 356 g/mol. The Labute approximate surface area is 151 Å². The van der Waals surface area contributed by atoms with Crippen molar-refractivity contribution in [3.63, 3.8) is 0 Å². The fourth-order valence-electron chi connectivity index (χ4n) is 3.05. The van der Waals surface area contributed by atoms with Crippen LogP contribution in [0.2, 0.25) is 0 Å². The van der Waals surface area contributed by atoms with Crippen LogP contribution >= 0.6 is 0 Å².